The van der Waals surface area contributed by atoms with Crippen molar-refractivity contribution < 1.29 is 4.42 Å². The number of aryl methyl sites for hydroxylation is 1. The first-order valence-electron chi connectivity index (χ1n) is 3.34. The second-order valence-corrected chi connectivity index (χ2v) is 2.16. The van der Waals surface area contributed by atoms with Crippen LogP contribution in [0.3, 0.4) is 0 Å². The van der Waals surface area contributed by atoms with Gasteiger partial charge >= 0.3 is 0 Å². The van der Waals surface area contributed by atoms with Gasteiger partial charge < -0.3 is 4.42 Å². The molecular weight excluding hydrogens is 126 g/mol. The highest BCUT2D eigenvalue weighted by Crippen LogP contribution is 2.07. The third-order valence-electron chi connectivity index (χ3n) is 1.28. The summed E-state index contributed by atoms with van der Waals surface area (Å²) in [6.45, 7) is 2.08. The molecule has 1 aromatic heterocycles. The van der Waals surface area contributed by atoms with Crippen LogP contribution >= 0.6 is 0 Å². The molecule has 0 fully saturated rings. The van der Waals surface area contributed by atoms with Crippen LogP contribution in [0, 0.1) is 11.3 Å². The number of furan rings is 1. The van der Waals surface area contributed by atoms with Crippen molar-refractivity contribution in [3.8, 4) is 6.07 Å². The summed E-state index contributed by atoms with van der Waals surface area (Å²) in [7, 11) is 0. The molecule has 0 N–H and O–H groups in total. The maximum atomic E-state index is 8.41. The van der Waals surface area contributed by atoms with Crippen LogP contribution in [-0.4, -0.2) is 0 Å². The Morgan fingerprint density at radius 3 is 3.00 bits per heavy atom. The second kappa shape index (κ2) is 3.07. The van der Waals surface area contributed by atoms with Crippen molar-refractivity contribution in [3.05, 3.63) is 23.7 Å². The van der Waals surface area contributed by atoms with Crippen molar-refractivity contribution in [2.45, 2.75) is 19.8 Å². The molecule has 0 aliphatic rings. The molecule has 0 aliphatic carbocycles. The number of rotatable bonds is 2. The van der Waals surface area contributed by atoms with Gasteiger partial charge in [-0.05, 0) is 12.5 Å². The maximum Gasteiger partial charge on any atom is 0.108 e. The lowest BCUT2D eigenvalue weighted by Gasteiger charge is -1.85. The van der Waals surface area contributed by atoms with Crippen molar-refractivity contribution in [1.29, 1.82) is 5.26 Å². The van der Waals surface area contributed by atoms with Gasteiger partial charge in [0.15, 0.2) is 0 Å². The van der Waals surface area contributed by atoms with Crippen LogP contribution in [0.25, 0.3) is 0 Å². The molecule has 0 spiro atoms. The van der Waals surface area contributed by atoms with Crippen molar-refractivity contribution in [2.24, 2.45) is 0 Å². The first kappa shape index (κ1) is 6.88. The van der Waals surface area contributed by atoms with Crippen molar-refractivity contribution in [1.82, 2.24) is 0 Å². The Morgan fingerprint density at radius 2 is 2.50 bits per heavy atom. The molecule has 1 heterocycles. The zero-order valence-corrected chi connectivity index (χ0v) is 5.92. The van der Waals surface area contributed by atoms with Gasteiger partial charge in [0.1, 0.15) is 18.1 Å². The van der Waals surface area contributed by atoms with Crippen LogP contribution in [-0.2, 0) is 6.42 Å². The summed E-state index contributed by atoms with van der Waals surface area (Å²) in [5.74, 6) is 0.902. The van der Waals surface area contributed by atoms with Crippen LogP contribution in [0.1, 0.15) is 24.7 Å². The van der Waals surface area contributed by atoms with Crippen molar-refractivity contribution in [3.63, 3.8) is 0 Å². The first-order valence-corrected chi connectivity index (χ1v) is 3.34. The SMILES string of the molecule is CCCc1cc(C#N)co1. The summed E-state index contributed by atoms with van der Waals surface area (Å²) in [6, 6.07) is 3.79. The summed E-state index contributed by atoms with van der Waals surface area (Å²) in [6.07, 6.45) is 3.46. The lowest BCUT2D eigenvalue weighted by atomic mass is 10.2. The highest BCUT2D eigenvalue weighted by atomic mass is 16.3. The number of hydrogen-bond donors (Lipinski definition) is 0. The van der Waals surface area contributed by atoms with Crippen LogP contribution in [0.15, 0.2) is 16.7 Å². The van der Waals surface area contributed by atoms with Gasteiger partial charge in [-0.2, -0.15) is 5.26 Å². The molecule has 1 rings (SSSR count). The van der Waals surface area contributed by atoms with Crippen LogP contribution < -0.4 is 0 Å². The molecule has 1 aromatic rings. The molecule has 0 unspecified atom stereocenters. The van der Waals surface area contributed by atoms with Crippen molar-refractivity contribution in [2.75, 3.05) is 0 Å². The minimum atomic E-state index is 0.614. The zero-order valence-electron chi connectivity index (χ0n) is 5.92. The average molecular weight is 135 g/mol. The quantitative estimate of drug-likeness (QED) is 0.622. The van der Waals surface area contributed by atoms with Gasteiger partial charge in [0.2, 0.25) is 0 Å². The van der Waals surface area contributed by atoms with E-state index in [1.807, 2.05) is 6.07 Å². The Kier molecular flexibility index (Phi) is 2.11. The maximum absolute atomic E-state index is 8.41. The second-order valence-electron chi connectivity index (χ2n) is 2.16. The summed E-state index contributed by atoms with van der Waals surface area (Å²) in [5.41, 5.74) is 0.614. The normalized spacial score (nSPS) is 9.20. The minimum Gasteiger partial charge on any atom is -0.468 e. The van der Waals surface area contributed by atoms with Gasteiger partial charge in [-0.1, -0.05) is 6.92 Å². The summed E-state index contributed by atoms with van der Waals surface area (Å²) < 4.78 is 5.07. The Balaban J connectivity index is 2.71. The highest BCUT2D eigenvalue weighted by molar-refractivity contribution is 5.26. The number of nitrogens with zero attached hydrogens (tertiary/aromatic N) is 1. The molecule has 0 saturated carbocycles. The molecule has 0 saturated heterocycles. The fraction of sp³-hybridized carbons (Fsp3) is 0.375. The largest absolute Gasteiger partial charge is 0.468 e. The van der Waals surface area contributed by atoms with Gasteiger partial charge in [0, 0.05) is 6.42 Å². The molecule has 0 bridgehead atoms. The topological polar surface area (TPSA) is 36.9 Å². The van der Waals surface area contributed by atoms with E-state index in [4.69, 9.17) is 9.68 Å². The fourth-order valence-corrected chi connectivity index (χ4v) is 0.817. The molecule has 0 radical (unpaired) electrons. The average Bonchev–Trinajstić information content (AvgIpc) is 2.37. The molecule has 0 aromatic carbocycles. The standard InChI is InChI=1S/C8H9NO/c1-2-3-8-4-7(5-9)6-10-8/h4,6H,2-3H2,1H3. The van der Waals surface area contributed by atoms with E-state index in [1.54, 1.807) is 6.07 Å². The predicted molar refractivity (Wildman–Crippen MR) is 37.4 cm³/mol. The molecule has 2 heteroatoms. The van der Waals surface area contributed by atoms with E-state index in [0.29, 0.717) is 5.56 Å². The molecule has 0 atom stereocenters. The molecule has 0 amide bonds. The van der Waals surface area contributed by atoms with E-state index < -0.39 is 0 Å². The lowest BCUT2D eigenvalue weighted by Crippen LogP contribution is -1.74. The Hall–Kier alpha value is -1.23. The summed E-state index contributed by atoms with van der Waals surface area (Å²) in [4.78, 5) is 0. The van der Waals surface area contributed by atoms with E-state index in [9.17, 15) is 0 Å². The van der Waals surface area contributed by atoms with Gasteiger partial charge in [-0.3, -0.25) is 0 Å². The minimum absolute atomic E-state index is 0.614. The van der Waals surface area contributed by atoms with Crippen LogP contribution in [0.4, 0.5) is 0 Å². The van der Waals surface area contributed by atoms with Gasteiger partial charge in [-0.25, -0.2) is 0 Å². The molecule has 2 nitrogen and oxygen atoms in total. The third-order valence-corrected chi connectivity index (χ3v) is 1.28. The molecular formula is C8H9NO. The lowest BCUT2D eigenvalue weighted by molar-refractivity contribution is 0.506. The Labute approximate surface area is 60.1 Å². The number of nitriles is 1. The third kappa shape index (κ3) is 1.38. The monoisotopic (exact) mass is 135 g/mol. The predicted octanol–water partition coefficient (Wildman–Crippen LogP) is 2.10. The smallest absolute Gasteiger partial charge is 0.108 e. The Bertz CT molecular complexity index is 244. The zero-order chi connectivity index (χ0) is 7.40. The van der Waals surface area contributed by atoms with Crippen LogP contribution in [0.5, 0.6) is 0 Å². The summed E-state index contributed by atoms with van der Waals surface area (Å²) >= 11 is 0. The van der Waals surface area contributed by atoms with E-state index in [1.165, 1.54) is 6.26 Å². The van der Waals surface area contributed by atoms with Gasteiger partial charge in [-0.15, -0.1) is 0 Å². The summed E-state index contributed by atoms with van der Waals surface area (Å²) in [5, 5.41) is 8.41. The molecule has 52 valence electrons. The fourth-order valence-electron chi connectivity index (χ4n) is 0.817. The van der Waals surface area contributed by atoms with E-state index in [2.05, 4.69) is 6.92 Å². The van der Waals surface area contributed by atoms with Gasteiger partial charge in [0.25, 0.3) is 0 Å². The van der Waals surface area contributed by atoms with E-state index in [0.717, 1.165) is 18.6 Å². The van der Waals surface area contributed by atoms with Crippen molar-refractivity contribution >= 4 is 0 Å². The van der Waals surface area contributed by atoms with E-state index in [-0.39, 0.29) is 0 Å². The highest BCUT2D eigenvalue weighted by Gasteiger charge is 1.97. The molecule has 0 aliphatic heterocycles. The van der Waals surface area contributed by atoms with Crippen LogP contribution in [0.2, 0.25) is 0 Å². The number of hydrogen-bond acceptors (Lipinski definition) is 2. The Morgan fingerprint density at radius 1 is 1.70 bits per heavy atom. The van der Waals surface area contributed by atoms with E-state index >= 15 is 0 Å². The molecule has 10 heavy (non-hydrogen) atoms. The first-order chi connectivity index (χ1) is 4.86. The van der Waals surface area contributed by atoms with Gasteiger partial charge in [0.05, 0.1) is 5.56 Å².